The molecule has 0 aliphatic heterocycles. The van der Waals surface area contributed by atoms with Crippen LogP contribution in [0.15, 0.2) is 65.3 Å². The number of aromatic nitrogens is 2. The number of hydrogen-bond acceptors (Lipinski definition) is 2. The molecule has 0 saturated carbocycles. The number of halogens is 2. The molecule has 2 aromatic carbocycles. The first kappa shape index (κ1) is 13.4. The maximum absolute atomic E-state index is 6.21. The van der Waals surface area contributed by atoms with Crippen molar-refractivity contribution in [2.45, 2.75) is 0 Å². The average Bonchev–Trinajstić information content (AvgIpc) is 3.17. The number of fused-ring (bicyclic) bond motifs is 1. The van der Waals surface area contributed by atoms with Gasteiger partial charge in [0.05, 0.1) is 10.6 Å². The Kier molecular flexibility index (Phi) is 3.17. The second-order valence-electron chi connectivity index (χ2n) is 4.89. The van der Waals surface area contributed by atoms with Crippen LogP contribution in [0.25, 0.3) is 28.2 Å². The molecule has 2 aromatic heterocycles. The van der Waals surface area contributed by atoms with Crippen molar-refractivity contribution in [1.82, 2.24) is 9.55 Å². The van der Waals surface area contributed by atoms with E-state index in [1.54, 1.807) is 18.2 Å². The maximum atomic E-state index is 6.21. The Bertz CT molecular complexity index is 958. The second-order valence-corrected chi connectivity index (χ2v) is 5.73. The summed E-state index contributed by atoms with van der Waals surface area (Å²) in [5, 5.41) is 1.15. The Morgan fingerprint density at radius 1 is 0.955 bits per heavy atom. The van der Waals surface area contributed by atoms with Gasteiger partial charge in [-0.05, 0) is 42.5 Å². The van der Waals surface area contributed by atoms with Crippen LogP contribution in [0.4, 0.5) is 0 Å². The molecule has 22 heavy (non-hydrogen) atoms. The van der Waals surface area contributed by atoms with E-state index < -0.39 is 0 Å². The minimum atomic E-state index is 0.465. The molecule has 0 aliphatic rings. The van der Waals surface area contributed by atoms with Crippen molar-refractivity contribution in [2.24, 2.45) is 0 Å². The SMILES string of the molecule is Clc1ccc(Cl)c(-c2nc3ccc(-n4cccc4)cc3o2)c1. The van der Waals surface area contributed by atoms with Crippen LogP contribution in [0.5, 0.6) is 0 Å². The second kappa shape index (κ2) is 5.20. The maximum Gasteiger partial charge on any atom is 0.228 e. The highest BCUT2D eigenvalue weighted by molar-refractivity contribution is 6.35. The molecule has 4 rings (SSSR count). The molecule has 0 N–H and O–H groups in total. The van der Waals surface area contributed by atoms with Gasteiger partial charge in [0.1, 0.15) is 5.52 Å². The summed E-state index contributed by atoms with van der Waals surface area (Å²) >= 11 is 12.2. The summed E-state index contributed by atoms with van der Waals surface area (Å²) in [5.41, 5.74) is 3.18. The summed E-state index contributed by atoms with van der Waals surface area (Å²) in [5.74, 6) is 0.465. The van der Waals surface area contributed by atoms with Crippen molar-refractivity contribution in [1.29, 1.82) is 0 Å². The highest BCUT2D eigenvalue weighted by atomic mass is 35.5. The lowest BCUT2D eigenvalue weighted by molar-refractivity contribution is 0.619. The average molecular weight is 329 g/mol. The van der Waals surface area contributed by atoms with E-state index in [2.05, 4.69) is 4.98 Å². The number of hydrogen-bond donors (Lipinski definition) is 0. The molecule has 108 valence electrons. The molecule has 0 spiro atoms. The van der Waals surface area contributed by atoms with Crippen molar-refractivity contribution in [3.63, 3.8) is 0 Å². The summed E-state index contributed by atoms with van der Waals surface area (Å²) in [6.45, 7) is 0. The Hall–Kier alpha value is -2.23. The van der Waals surface area contributed by atoms with Crippen molar-refractivity contribution in [2.75, 3.05) is 0 Å². The van der Waals surface area contributed by atoms with Gasteiger partial charge in [0.2, 0.25) is 5.89 Å². The molecule has 0 bridgehead atoms. The van der Waals surface area contributed by atoms with Crippen LogP contribution in [-0.4, -0.2) is 9.55 Å². The first-order valence-corrected chi connectivity index (χ1v) is 7.46. The fourth-order valence-corrected chi connectivity index (χ4v) is 2.73. The van der Waals surface area contributed by atoms with Crippen molar-refractivity contribution >= 4 is 34.3 Å². The van der Waals surface area contributed by atoms with E-state index in [4.69, 9.17) is 27.6 Å². The van der Waals surface area contributed by atoms with Crippen molar-refractivity contribution in [3.05, 3.63) is 71.0 Å². The van der Waals surface area contributed by atoms with E-state index >= 15 is 0 Å². The summed E-state index contributed by atoms with van der Waals surface area (Å²) in [4.78, 5) is 4.49. The fraction of sp³-hybridized carbons (Fsp3) is 0. The summed E-state index contributed by atoms with van der Waals surface area (Å²) in [6.07, 6.45) is 3.96. The van der Waals surface area contributed by atoms with Gasteiger partial charge in [-0.3, -0.25) is 0 Å². The summed E-state index contributed by atoms with van der Waals surface area (Å²) < 4.78 is 7.87. The standard InChI is InChI=1S/C17H10Cl2N2O/c18-11-3-5-14(19)13(9-11)17-20-15-6-4-12(10-16(15)22-17)21-7-1-2-8-21/h1-10H. The molecule has 3 nitrogen and oxygen atoms in total. The van der Waals surface area contributed by atoms with E-state index in [0.717, 1.165) is 11.2 Å². The van der Waals surface area contributed by atoms with Gasteiger partial charge < -0.3 is 8.98 Å². The molecule has 0 amide bonds. The monoisotopic (exact) mass is 328 g/mol. The molecule has 0 aliphatic carbocycles. The molecular weight excluding hydrogens is 319 g/mol. The normalized spacial score (nSPS) is 11.2. The van der Waals surface area contributed by atoms with Gasteiger partial charge in [-0.25, -0.2) is 4.98 Å². The Morgan fingerprint density at radius 3 is 2.59 bits per heavy atom. The molecule has 0 saturated heterocycles. The van der Waals surface area contributed by atoms with Gasteiger partial charge in [0.15, 0.2) is 5.58 Å². The molecule has 5 heteroatoms. The molecule has 0 fully saturated rings. The van der Waals surface area contributed by atoms with Crippen LogP contribution >= 0.6 is 23.2 Å². The zero-order chi connectivity index (χ0) is 15.1. The molecule has 0 atom stereocenters. The lowest BCUT2D eigenvalue weighted by Gasteiger charge is -2.01. The zero-order valence-corrected chi connectivity index (χ0v) is 12.8. The van der Waals surface area contributed by atoms with Crippen LogP contribution in [0.2, 0.25) is 10.0 Å². The van der Waals surface area contributed by atoms with Gasteiger partial charge in [0.25, 0.3) is 0 Å². The third kappa shape index (κ3) is 2.28. The summed E-state index contributed by atoms with van der Waals surface area (Å²) in [7, 11) is 0. The van der Waals surface area contributed by atoms with Crippen LogP contribution < -0.4 is 0 Å². The minimum absolute atomic E-state index is 0.465. The van der Waals surface area contributed by atoms with Crippen LogP contribution in [0.1, 0.15) is 0 Å². The molecular formula is C17H10Cl2N2O. The van der Waals surface area contributed by atoms with Crippen LogP contribution in [-0.2, 0) is 0 Å². The third-order valence-electron chi connectivity index (χ3n) is 3.43. The van der Waals surface area contributed by atoms with Gasteiger partial charge in [-0.2, -0.15) is 0 Å². The van der Waals surface area contributed by atoms with Gasteiger partial charge in [-0.15, -0.1) is 0 Å². The largest absolute Gasteiger partial charge is 0.436 e. The lowest BCUT2D eigenvalue weighted by atomic mass is 10.2. The predicted molar refractivity (Wildman–Crippen MR) is 88.8 cm³/mol. The number of benzene rings is 2. The Balaban J connectivity index is 1.85. The Morgan fingerprint density at radius 2 is 1.77 bits per heavy atom. The molecule has 2 heterocycles. The van der Waals surface area contributed by atoms with Gasteiger partial charge in [0, 0.05) is 29.2 Å². The molecule has 0 radical (unpaired) electrons. The third-order valence-corrected chi connectivity index (χ3v) is 4.00. The fourth-order valence-electron chi connectivity index (χ4n) is 2.36. The Labute approximate surface area is 136 Å². The topological polar surface area (TPSA) is 31.0 Å². The van der Waals surface area contributed by atoms with Crippen LogP contribution in [0.3, 0.4) is 0 Å². The first-order chi connectivity index (χ1) is 10.7. The summed E-state index contributed by atoms with van der Waals surface area (Å²) in [6, 6.07) is 15.0. The van der Waals surface area contributed by atoms with Crippen LogP contribution in [0, 0.1) is 0 Å². The zero-order valence-electron chi connectivity index (χ0n) is 11.3. The van der Waals surface area contributed by atoms with E-state index in [0.29, 0.717) is 27.1 Å². The smallest absolute Gasteiger partial charge is 0.228 e. The highest BCUT2D eigenvalue weighted by Crippen LogP contribution is 2.32. The first-order valence-electron chi connectivity index (χ1n) is 6.70. The van der Waals surface area contributed by atoms with Gasteiger partial charge in [-0.1, -0.05) is 23.2 Å². The highest BCUT2D eigenvalue weighted by Gasteiger charge is 2.13. The number of rotatable bonds is 2. The van der Waals surface area contributed by atoms with E-state index in [1.807, 2.05) is 47.3 Å². The van der Waals surface area contributed by atoms with Crippen molar-refractivity contribution < 1.29 is 4.42 Å². The molecule has 4 aromatic rings. The quantitative estimate of drug-likeness (QED) is 0.480. The lowest BCUT2D eigenvalue weighted by Crippen LogP contribution is -1.87. The minimum Gasteiger partial charge on any atom is -0.436 e. The van der Waals surface area contributed by atoms with E-state index in [-0.39, 0.29) is 0 Å². The molecule has 0 unspecified atom stereocenters. The number of oxazole rings is 1. The van der Waals surface area contributed by atoms with Crippen molar-refractivity contribution in [3.8, 4) is 17.1 Å². The predicted octanol–water partition coefficient (Wildman–Crippen LogP) is 5.59. The number of nitrogens with zero attached hydrogens (tertiary/aromatic N) is 2. The van der Waals surface area contributed by atoms with Gasteiger partial charge >= 0.3 is 0 Å². The van der Waals surface area contributed by atoms with E-state index in [1.165, 1.54) is 0 Å². The van der Waals surface area contributed by atoms with E-state index in [9.17, 15) is 0 Å².